The van der Waals surface area contributed by atoms with Crippen molar-refractivity contribution < 1.29 is 18.4 Å². The minimum absolute atomic E-state index is 0.0961. The molecule has 0 bridgehead atoms. The second kappa shape index (κ2) is 7.53. The summed E-state index contributed by atoms with van der Waals surface area (Å²) in [5, 5.41) is 0. The maximum Gasteiger partial charge on any atom is 0.247 e. The van der Waals surface area contributed by atoms with Gasteiger partial charge in [-0.15, -0.1) is 0 Å². The Morgan fingerprint density at radius 2 is 2.25 bits per heavy atom. The number of carbonyl (C=O) groups excluding carboxylic acids is 1. The molecule has 2 heterocycles. The van der Waals surface area contributed by atoms with Crippen molar-refractivity contribution in [2.45, 2.75) is 25.8 Å². The van der Waals surface area contributed by atoms with Gasteiger partial charge in [0.15, 0.2) is 0 Å². The Labute approximate surface area is 141 Å². The molecule has 24 heavy (non-hydrogen) atoms. The van der Waals surface area contributed by atoms with Crippen LogP contribution in [0.4, 0.5) is 0 Å². The van der Waals surface area contributed by atoms with Crippen molar-refractivity contribution in [3.63, 3.8) is 0 Å². The number of methoxy groups -OCH3 is 1. The fraction of sp³-hybridized carbons (Fsp3) is 0.421. The van der Waals surface area contributed by atoms with E-state index in [1.54, 1.807) is 24.3 Å². The molecule has 2 aromatic heterocycles. The van der Waals surface area contributed by atoms with E-state index in [0.29, 0.717) is 37.3 Å². The lowest BCUT2D eigenvalue weighted by molar-refractivity contribution is -0.127. The van der Waals surface area contributed by atoms with Crippen molar-refractivity contribution in [1.29, 1.82) is 0 Å². The zero-order chi connectivity index (χ0) is 16.9. The number of hydrogen-bond donors (Lipinski definition) is 0. The summed E-state index contributed by atoms with van der Waals surface area (Å²) >= 11 is 0. The second-order valence-corrected chi connectivity index (χ2v) is 6.22. The molecule has 0 radical (unpaired) electrons. The molecule has 0 saturated heterocycles. The zero-order valence-electron chi connectivity index (χ0n) is 14.1. The van der Waals surface area contributed by atoms with Crippen molar-refractivity contribution in [2.24, 2.45) is 5.92 Å². The van der Waals surface area contributed by atoms with Gasteiger partial charge in [-0.1, -0.05) is 6.92 Å². The van der Waals surface area contributed by atoms with Crippen molar-refractivity contribution in [3.8, 4) is 0 Å². The highest BCUT2D eigenvalue weighted by atomic mass is 16.5. The Kier molecular flexibility index (Phi) is 5.20. The minimum Gasteiger partial charge on any atom is -0.467 e. The molecule has 0 aliphatic heterocycles. The van der Waals surface area contributed by atoms with Gasteiger partial charge in [-0.05, 0) is 42.7 Å². The predicted molar refractivity (Wildman–Crippen MR) is 90.3 cm³/mol. The molecule has 5 heteroatoms. The highest BCUT2D eigenvalue weighted by Crippen LogP contribution is 2.47. The van der Waals surface area contributed by atoms with Gasteiger partial charge in [0.05, 0.1) is 19.4 Å². The van der Waals surface area contributed by atoms with Crippen molar-refractivity contribution in [2.75, 3.05) is 20.3 Å². The quantitative estimate of drug-likeness (QED) is 0.693. The Balaban J connectivity index is 1.62. The normalized spacial score (nSPS) is 19.8. The number of rotatable bonds is 8. The molecule has 1 amide bonds. The Hall–Kier alpha value is -2.27. The monoisotopic (exact) mass is 329 g/mol. The molecule has 1 aliphatic carbocycles. The highest BCUT2D eigenvalue weighted by molar-refractivity contribution is 5.91. The van der Waals surface area contributed by atoms with Gasteiger partial charge in [0.2, 0.25) is 5.91 Å². The fourth-order valence-electron chi connectivity index (χ4n) is 2.69. The fourth-order valence-corrected chi connectivity index (χ4v) is 2.69. The lowest BCUT2D eigenvalue weighted by Crippen LogP contribution is -2.31. The molecule has 2 unspecified atom stereocenters. The highest BCUT2D eigenvalue weighted by Gasteiger charge is 2.36. The topological polar surface area (TPSA) is 55.8 Å². The molecule has 0 spiro atoms. The number of hydrogen-bond acceptors (Lipinski definition) is 4. The maximum absolute atomic E-state index is 12.5. The number of ether oxygens (including phenoxy) is 1. The van der Waals surface area contributed by atoms with Gasteiger partial charge in [0, 0.05) is 25.6 Å². The molecule has 0 N–H and O–H groups in total. The van der Waals surface area contributed by atoms with Crippen LogP contribution in [0.3, 0.4) is 0 Å². The first-order valence-electron chi connectivity index (χ1n) is 8.25. The second-order valence-electron chi connectivity index (χ2n) is 6.22. The largest absolute Gasteiger partial charge is 0.467 e. The number of nitrogens with zero attached hydrogens (tertiary/aromatic N) is 1. The maximum atomic E-state index is 12.5. The van der Waals surface area contributed by atoms with Crippen molar-refractivity contribution in [1.82, 2.24) is 4.90 Å². The van der Waals surface area contributed by atoms with Crippen LogP contribution in [0.2, 0.25) is 0 Å². The van der Waals surface area contributed by atoms with Crippen LogP contribution >= 0.6 is 0 Å². The van der Waals surface area contributed by atoms with E-state index in [-0.39, 0.29) is 5.91 Å². The van der Waals surface area contributed by atoms with Gasteiger partial charge in [-0.2, -0.15) is 0 Å². The van der Waals surface area contributed by atoms with Gasteiger partial charge >= 0.3 is 0 Å². The molecule has 2 aromatic rings. The van der Waals surface area contributed by atoms with Crippen molar-refractivity contribution >= 4 is 12.0 Å². The lowest BCUT2D eigenvalue weighted by atomic mass is 10.3. The van der Waals surface area contributed by atoms with E-state index in [1.807, 2.05) is 24.3 Å². The zero-order valence-corrected chi connectivity index (χ0v) is 14.1. The number of amides is 1. The van der Waals surface area contributed by atoms with Gasteiger partial charge < -0.3 is 18.5 Å². The Morgan fingerprint density at radius 1 is 1.42 bits per heavy atom. The van der Waals surface area contributed by atoms with E-state index in [9.17, 15) is 4.79 Å². The van der Waals surface area contributed by atoms with Gasteiger partial charge in [-0.25, -0.2) is 0 Å². The average Bonchev–Trinajstić information content (AvgIpc) is 3.00. The van der Waals surface area contributed by atoms with Crippen LogP contribution in [0.5, 0.6) is 0 Å². The molecule has 1 saturated carbocycles. The molecular formula is C19H23NO4. The van der Waals surface area contributed by atoms with E-state index in [1.165, 1.54) is 12.5 Å². The van der Waals surface area contributed by atoms with E-state index in [0.717, 1.165) is 11.5 Å². The molecule has 3 rings (SSSR count). The molecular weight excluding hydrogens is 306 g/mol. The minimum atomic E-state index is -0.0961. The first-order valence-corrected chi connectivity index (χ1v) is 8.25. The molecule has 128 valence electrons. The summed E-state index contributed by atoms with van der Waals surface area (Å²) in [6.45, 7) is 3.62. The molecule has 0 aromatic carbocycles. The predicted octanol–water partition coefficient (Wildman–Crippen LogP) is 3.68. The summed E-state index contributed by atoms with van der Waals surface area (Å²) in [7, 11) is 1.62. The Morgan fingerprint density at radius 3 is 2.92 bits per heavy atom. The van der Waals surface area contributed by atoms with Gasteiger partial charge in [-0.3, -0.25) is 4.79 Å². The van der Waals surface area contributed by atoms with Crippen LogP contribution in [0.25, 0.3) is 6.08 Å². The molecule has 5 nitrogen and oxygen atoms in total. The third kappa shape index (κ3) is 4.17. The van der Waals surface area contributed by atoms with E-state index < -0.39 is 0 Å². The summed E-state index contributed by atoms with van der Waals surface area (Å²) in [6, 6.07) is 7.58. The van der Waals surface area contributed by atoms with Gasteiger partial charge in [0.25, 0.3) is 0 Å². The molecule has 2 atom stereocenters. The SMILES string of the molecule is COCCN(Cc1ccco1)C(=O)/C=C/c1ccc(C2CC2C)o1. The van der Waals surface area contributed by atoms with Crippen LogP contribution in [-0.4, -0.2) is 31.1 Å². The van der Waals surface area contributed by atoms with Crippen LogP contribution in [-0.2, 0) is 16.1 Å². The van der Waals surface area contributed by atoms with Crippen LogP contribution in [0.1, 0.15) is 36.5 Å². The third-order valence-corrected chi connectivity index (χ3v) is 4.32. The summed E-state index contributed by atoms with van der Waals surface area (Å²) < 4.78 is 16.2. The van der Waals surface area contributed by atoms with Crippen LogP contribution in [0.15, 0.2) is 45.4 Å². The average molecular weight is 329 g/mol. The first kappa shape index (κ1) is 16.6. The van der Waals surface area contributed by atoms with Crippen LogP contribution < -0.4 is 0 Å². The summed E-state index contributed by atoms with van der Waals surface area (Å²) in [5.74, 6) is 3.62. The van der Waals surface area contributed by atoms with E-state index >= 15 is 0 Å². The van der Waals surface area contributed by atoms with E-state index in [2.05, 4.69) is 6.92 Å². The third-order valence-electron chi connectivity index (χ3n) is 4.32. The van der Waals surface area contributed by atoms with E-state index in [4.69, 9.17) is 13.6 Å². The molecule has 1 fully saturated rings. The number of furan rings is 2. The van der Waals surface area contributed by atoms with Gasteiger partial charge in [0.1, 0.15) is 17.3 Å². The first-order chi connectivity index (χ1) is 11.7. The Bertz CT molecular complexity index is 686. The summed E-state index contributed by atoms with van der Waals surface area (Å²) in [6.07, 6.45) is 6.05. The summed E-state index contributed by atoms with van der Waals surface area (Å²) in [5.41, 5.74) is 0. The number of carbonyl (C=O) groups is 1. The lowest BCUT2D eigenvalue weighted by Gasteiger charge is -2.19. The molecule has 1 aliphatic rings. The van der Waals surface area contributed by atoms with Crippen molar-refractivity contribution in [3.05, 3.63) is 53.9 Å². The summed E-state index contributed by atoms with van der Waals surface area (Å²) in [4.78, 5) is 14.1. The van der Waals surface area contributed by atoms with Crippen LogP contribution in [0, 0.1) is 5.92 Å². The standard InChI is InChI=1S/C19H23NO4/c1-14-12-17(14)18-7-5-15(24-18)6-8-19(21)20(9-11-22-2)13-16-4-3-10-23-16/h3-8,10,14,17H,9,11-13H2,1-2H3/b8-6+. The smallest absolute Gasteiger partial charge is 0.247 e.